The Hall–Kier alpha value is -1.99. The molecule has 1 aliphatic carbocycles. The quantitative estimate of drug-likeness (QED) is 0.555. The molecule has 7 nitrogen and oxygen atoms in total. The zero-order chi connectivity index (χ0) is 18.0. The standard InChI is InChI=1S/C17H22O7/c1-8-4-5-12(19)9(2)15(20)16(21)14-11(7-23-10(3)18)17(22)24-13(14)6-8/h6,9,13,15-16,20-21H,4-5,7H2,1-3H3. The van der Waals surface area contributed by atoms with Gasteiger partial charge in [-0.05, 0) is 19.4 Å². The van der Waals surface area contributed by atoms with Crippen LogP contribution in [0.15, 0.2) is 22.8 Å². The molecule has 0 aromatic rings. The van der Waals surface area contributed by atoms with Gasteiger partial charge in [-0.2, -0.15) is 0 Å². The van der Waals surface area contributed by atoms with Crippen LogP contribution in [0.4, 0.5) is 0 Å². The Balaban J connectivity index is 2.47. The molecule has 2 rings (SSSR count). The first-order valence-electron chi connectivity index (χ1n) is 7.85. The summed E-state index contributed by atoms with van der Waals surface area (Å²) >= 11 is 0. The van der Waals surface area contributed by atoms with Gasteiger partial charge in [0.25, 0.3) is 0 Å². The minimum Gasteiger partial charge on any atom is -0.461 e. The van der Waals surface area contributed by atoms with Crippen molar-refractivity contribution >= 4 is 17.7 Å². The third kappa shape index (κ3) is 3.73. The van der Waals surface area contributed by atoms with E-state index in [0.717, 1.165) is 5.57 Å². The van der Waals surface area contributed by atoms with E-state index in [9.17, 15) is 24.6 Å². The molecule has 2 N–H and O–H groups in total. The first-order valence-corrected chi connectivity index (χ1v) is 7.85. The molecule has 1 heterocycles. The predicted octanol–water partition coefficient (Wildman–Crippen LogP) is 0.439. The Morgan fingerprint density at radius 3 is 2.62 bits per heavy atom. The van der Waals surface area contributed by atoms with Gasteiger partial charge in [0, 0.05) is 24.8 Å². The number of ketones is 1. The third-order valence-corrected chi connectivity index (χ3v) is 4.42. The van der Waals surface area contributed by atoms with Crippen molar-refractivity contribution < 1.29 is 34.1 Å². The number of rotatable bonds is 2. The number of fused-ring (bicyclic) bond motifs is 1. The van der Waals surface area contributed by atoms with Crippen LogP contribution in [-0.2, 0) is 23.9 Å². The summed E-state index contributed by atoms with van der Waals surface area (Å²) in [5.74, 6) is -2.24. The second-order valence-electron chi connectivity index (χ2n) is 6.24. The number of Topliss-reactive ketones (excluding diaryl/α,β-unsaturated/α-hetero) is 1. The Kier molecular flexibility index (Phi) is 5.56. The molecule has 4 atom stereocenters. The summed E-state index contributed by atoms with van der Waals surface area (Å²) in [6.07, 6.45) is -1.31. The fourth-order valence-corrected chi connectivity index (χ4v) is 2.86. The van der Waals surface area contributed by atoms with Crippen LogP contribution in [0.2, 0.25) is 0 Å². The Morgan fingerprint density at radius 2 is 2.00 bits per heavy atom. The molecule has 0 aromatic carbocycles. The minimum absolute atomic E-state index is 0.00558. The summed E-state index contributed by atoms with van der Waals surface area (Å²) in [6, 6.07) is 0. The van der Waals surface area contributed by atoms with E-state index in [2.05, 4.69) is 0 Å². The summed E-state index contributed by atoms with van der Waals surface area (Å²) in [6.45, 7) is 4.19. The highest BCUT2D eigenvalue weighted by atomic mass is 16.6. The van der Waals surface area contributed by atoms with Gasteiger partial charge in [-0.15, -0.1) is 0 Å². The van der Waals surface area contributed by atoms with Gasteiger partial charge >= 0.3 is 11.9 Å². The van der Waals surface area contributed by atoms with Crippen molar-refractivity contribution in [1.82, 2.24) is 0 Å². The van der Waals surface area contributed by atoms with Gasteiger partial charge in [-0.3, -0.25) is 9.59 Å². The van der Waals surface area contributed by atoms with Crippen LogP contribution in [0.1, 0.15) is 33.6 Å². The summed E-state index contributed by atoms with van der Waals surface area (Å²) in [5.41, 5.74) is 0.990. The van der Waals surface area contributed by atoms with Crippen molar-refractivity contribution in [3.8, 4) is 0 Å². The average molecular weight is 338 g/mol. The smallest absolute Gasteiger partial charge is 0.338 e. The van der Waals surface area contributed by atoms with Gasteiger partial charge in [0.15, 0.2) is 0 Å². The maximum Gasteiger partial charge on any atom is 0.338 e. The molecule has 0 amide bonds. The minimum atomic E-state index is -1.46. The number of allylic oxidation sites excluding steroid dienone is 1. The van der Waals surface area contributed by atoms with Gasteiger partial charge in [0.1, 0.15) is 24.6 Å². The van der Waals surface area contributed by atoms with Crippen LogP contribution in [0.3, 0.4) is 0 Å². The van der Waals surface area contributed by atoms with Crippen LogP contribution < -0.4 is 0 Å². The van der Waals surface area contributed by atoms with E-state index >= 15 is 0 Å². The second kappa shape index (κ2) is 7.27. The summed E-state index contributed by atoms with van der Waals surface area (Å²) in [7, 11) is 0. The van der Waals surface area contributed by atoms with Gasteiger partial charge in [0.05, 0.1) is 11.7 Å². The molecule has 24 heavy (non-hydrogen) atoms. The van der Waals surface area contributed by atoms with Crippen molar-refractivity contribution in [2.75, 3.05) is 6.61 Å². The molecule has 2 aliphatic rings. The molecule has 0 aromatic heterocycles. The molecule has 0 bridgehead atoms. The topological polar surface area (TPSA) is 110 Å². The van der Waals surface area contributed by atoms with Gasteiger partial charge in [0.2, 0.25) is 0 Å². The first kappa shape index (κ1) is 18.4. The highest BCUT2D eigenvalue weighted by molar-refractivity contribution is 5.93. The molecular formula is C17H22O7. The maximum atomic E-state index is 12.1. The number of hydrogen-bond acceptors (Lipinski definition) is 7. The number of carbonyl (C=O) groups excluding carboxylic acids is 3. The monoisotopic (exact) mass is 338 g/mol. The summed E-state index contributed by atoms with van der Waals surface area (Å²) in [5, 5.41) is 20.9. The van der Waals surface area contributed by atoms with Crippen molar-refractivity contribution in [2.24, 2.45) is 5.92 Å². The van der Waals surface area contributed by atoms with Crippen LogP contribution in [0.5, 0.6) is 0 Å². The molecular weight excluding hydrogens is 316 g/mol. The third-order valence-electron chi connectivity index (χ3n) is 4.42. The van der Waals surface area contributed by atoms with Gasteiger partial charge < -0.3 is 19.7 Å². The average Bonchev–Trinajstić information content (AvgIpc) is 2.82. The van der Waals surface area contributed by atoms with E-state index in [4.69, 9.17) is 9.47 Å². The molecule has 0 radical (unpaired) electrons. The molecule has 132 valence electrons. The van der Waals surface area contributed by atoms with Crippen molar-refractivity contribution in [3.05, 3.63) is 22.8 Å². The first-order chi connectivity index (χ1) is 11.2. The van der Waals surface area contributed by atoms with E-state index in [0.29, 0.717) is 6.42 Å². The van der Waals surface area contributed by atoms with Crippen molar-refractivity contribution in [2.45, 2.75) is 51.9 Å². The van der Waals surface area contributed by atoms with E-state index in [1.165, 1.54) is 13.8 Å². The van der Waals surface area contributed by atoms with E-state index in [-0.39, 0.29) is 30.0 Å². The second-order valence-corrected chi connectivity index (χ2v) is 6.24. The molecule has 0 saturated carbocycles. The molecule has 0 spiro atoms. The fourth-order valence-electron chi connectivity index (χ4n) is 2.86. The maximum absolute atomic E-state index is 12.1. The number of esters is 2. The number of ether oxygens (including phenoxy) is 2. The molecule has 7 heteroatoms. The number of carbonyl (C=O) groups is 3. The van der Waals surface area contributed by atoms with E-state index in [1.54, 1.807) is 13.0 Å². The lowest BCUT2D eigenvalue weighted by molar-refractivity contribution is -0.142. The zero-order valence-electron chi connectivity index (χ0n) is 13.9. The van der Waals surface area contributed by atoms with Gasteiger partial charge in [-0.25, -0.2) is 4.79 Å². The Labute approximate surface area is 139 Å². The highest BCUT2D eigenvalue weighted by Gasteiger charge is 2.42. The number of aliphatic hydroxyl groups is 2. The molecule has 0 fully saturated rings. The summed E-state index contributed by atoms with van der Waals surface area (Å²) in [4.78, 5) is 35.2. The number of aliphatic hydroxyl groups excluding tert-OH is 2. The largest absolute Gasteiger partial charge is 0.461 e. The van der Waals surface area contributed by atoms with Crippen LogP contribution in [-0.4, -0.2) is 52.9 Å². The molecule has 1 aliphatic heterocycles. The SMILES string of the molecule is CC(=O)OCC1=C2C(C=C(C)CCC(=O)C(C)C(O)C2O)OC1=O. The summed E-state index contributed by atoms with van der Waals surface area (Å²) < 4.78 is 10.1. The van der Waals surface area contributed by atoms with E-state index < -0.39 is 36.2 Å². The lowest BCUT2D eigenvalue weighted by Crippen LogP contribution is -2.40. The van der Waals surface area contributed by atoms with Crippen molar-refractivity contribution in [1.29, 1.82) is 0 Å². The van der Waals surface area contributed by atoms with Crippen LogP contribution in [0, 0.1) is 5.92 Å². The normalized spacial score (nSPS) is 31.3. The Morgan fingerprint density at radius 1 is 1.33 bits per heavy atom. The molecule has 4 unspecified atom stereocenters. The van der Waals surface area contributed by atoms with Crippen LogP contribution in [0.25, 0.3) is 0 Å². The molecule has 0 saturated heterocycles. The predicted molar refractivity (Wildman–Crippen MR) is 82.7 cm³/mol. The van der Waals surface area contributed by atoms with E-state index in [1.807, 2.05) is 0 Å². The van der Waals surface area contributed by atoms with Gasteiger partial charge in [-0.1, -0.05) is 12.5 Å². The number of hydrogen-bond donors (Lipinski definition) is 2. The van der Waals surface area contributed by atoms with Crippen LogP contribution >= 0.6 is 0 Å². The van der Waals surface area contributed by atoms with Crippen molar-refractivity contribution in [3.63, 3.8) is 0 Å². The highest BCUT2D eigenvalue weighted by Crippen LogP contribution is 2.32. The zero-order valence-corrected chi connectivity index (χ0v) is 13.9. The lowest BCUT2D eigenvalue weighted by atomic mass is 9.84. The lowest BCUT2D eigenvalue weighted by Gasteiger charge is -2.27. The fraction of sp³-hybridized carbons (Fsp3) is 0.588. The Bertz CT molecular complexity index is 616.